The number of methoxy groups -OCH3 is 3. The average molecular weight is 364 g/mol. The van der Waals surface area contributed by atoms with Gasteiger partial charge in [-0.05, 0) is 37.1 Å². The van der Waals surface area contributed by atoms with Gasteiger partial charge in [0.15, 0.2) is 23.0 Å². The predicted molar refractivity (Wildman–Crippen MR) is 98.0 cm³/mol. The molecule has 25 heavy (non-hydrogen) atoms. The van der Waals surface area contributed by atoms with Crippen molar-refractivity contribution in [3.05, 3.63) is 41.0 Å². The molecule has 1 N–H and O–H groups in total. The van der Waals surface area contributed by atoms with Crippen molar-refractivity contribution in [2.75, 3.05) is 27.9 Å². The fraction of sp³-hybridized carbons (Fsp3) is 0.368. The topological polar surface area (TPSA) is 49.0 Å². The fourth-order valence-corrected chi connectivity index (χ4v) is 3.68. The van der Waals surface area contributed by atoms with Gasteiger partial charge in [0.2, 0.25) is 5.75 Å². The van der Waals surface area contributed by atoms with E-state index >= 15 is 0 Å². The third-order valence-corrected chi connectivity index (χ3v) is 4.81. The minimum atomic E-state index is 0. The lowest BCUT2D eigenvalue weighted by Crippen LogP contribution is -2.30. The van der Waals surface area contributed by atoms with E-state index < -0.39 is 0 Å². The van der Waals surface area contributed by atoms with Crippen LogP contribution in [0.1, 0.15) is 22.7 Å². The molecule has 0 aliphatic carbocycles. The Kier molecular flexibility index (Phi) is 4.97. The second-order valence-electron chi connectivity index (χ2n) is 6.02. The molecule has 2 aromatic rings. The van der Waals surface area contributed by atoms with Crippen molar-refractivity contribution in [2.45, 2.75) is 18.9 Å². The molecule has 2 aliphatic rings. The van der Waals surface area contributed by atoms with Gasteiger partial charge >= 0.3 is 0 Å². The Morgan fingerprint density at radius 3 is 2.36 bits per heavy atom. The Morgan fingerprint density at radius 1 is 0.920 bits per heavy atom. The van der Waals surface area contributed by atoms with Crippen molar-refractivity contribution in [3.8, 4) is 28.7 Å². The first kappa shape index (κ1) is 17.7. The summed E-state index contributed by atoms with van der Waals surface area (Å²) in [4.78, 5) is 0. The molecule has 2 aromatic carbocycles. The van der Waals surface area contributed by atoms with Gasteiger partial charge in [-0.15, -0.1) is 12.4 Å². The van der Waals surface area contributed by atoms with E-state index in [1.165, 1.54) is 11.1 Å². The number of nitrogens with one attached hydrogen (secondary N) is 1. The summed E-state index contributed by atoms with van der Waals surface area (Å²) >= 11 is 0. The van der Waals surface area contributed by atoms with Crippen LogP contribution in [-0.2, 0) is 12.8 Å². The average Bonchev–Trinajstić information content (AvgIpc) is 2.79. The van der Waals surface area contributed by atoms with Crippen LogP contribution in [0.2, 0.25) is 0 Å². The smallest absolute Gasteiger partial charge is 0.204 e. The highest BCUT2D eigenvalue weighted by molar-refractivity contribution is 5.85. The molecule has 0 radical (unpaired) electrons. The van der Waals surface area contributed by atoms with Crippen molar-refractivity contribution >= 4 is 12.4 Å². The zero-order valence-electron chi connectivity index (χ0n) is 14.5. The molecule has 0 bridgehead atoms. The van der Waals surface area contributed by atoms with Crippen molar-refractivity contribution in [1.29, 1.82) is 0 Å². The van der Waals surface area contributed by atoms with E-state index in [2.05, 4.69) is 11.4 Å². The van der Waals surface area contributed by atoms with Gasteiger partial charge in [0.1, 0.15) is 0 Å². The number of hydrogen-bond acceptors (Lipinski definition) is 5. The van der Waals surface area contributed by atoms with Crippen molar-refractivity contribution in [1.82, 2.24) is 5.32 Å². The number of ether oxygens (including phenoxy) is 4. The van der Waals surface area contributed by atoms with Gasteiger partial charge in [-0.3, -0.25) is 0 Å². The molecule has 1 unspecified atom stereocenters. The van der Waals surface area contributed by atoms with Gasteiger partial charge in [-0.25, -0.2) is 0 Å². The Labute approximate surface area is 153 Å². The summed E-state index contributed by atoms with van der Waals surface area (Å²) in [6.45, 7) is 0.964. The van der Waals surface area contributed by atoms with E-state index in [4.69, 9.17) is 18.9 Å². The molecule has 4 rings (SSSR count). The monoisotopic (exact) mass is 363 g/mol. The molecule has 0 spiro atoms. The molecule has 5 nitrogen and oxygen atoms in total. The Balaban J connectivity index is 0.00000182. The number of hydrogen-bond donors (Lipinski definition) is 1. The quantitative estimate of drug-likeness (QED) is 0.901. The summed E-state index contributed by atoms with van der Waals surface area (Å²) in [6, 6.07) is 8.30. The highest BCUT2D eigenvalue weighted by Crippen LogP contribution is 2.51. The third-order valence-electron chi connectivity index (χ3n) is 4.81. The molecular weight excluding hydrogens is 342 g/mol. The number of fused-ring (bicyclic) bond motifs is 1. The van der Waals surface area contributed by atoms with Crippen LogP contribution in [0.4, 0.5) is 0 Å². The molecule has 2 aliphatic heterocycles. The largest absolute Gasteiger partial charge is 0.493 e. The van der Waals surface area contributed by atoms with Crippen LogP contribution < -0.4 is 24.3 Å². The first-order valence-corrected chi connectivity index (χ1v) is 8.11. The molecule has 0 saturated heterocycles. The molecule has 0 saturated carbocycles. The lowest BCUT2D eigenvalue weighted by Gasteiger charge is -2.27. The minimum Gasteiger partial charge on any atom is -0.493 e. The highest BCUT2D eigenvalue weighted by atomic mass is 35.5. The van der Waals surface area contributed by atoms with Gasteiger partial charge in [0, 0.05) is 17.2 Å². The molecule has 0 fully saturated rings. The van der Waals surface area contributed by atoms with Gasteiger partial charge in [-0.2, -0.15) is 0 Å². The van der Waals surface area contributed by atoms with Gasteiger partial charge in [0.05, 0.1) is 21.3 Å². The molecule has 0 amide bonds. The van der Waals surface area contributed by atoms with Gasteiger partial charge in [-0.1, -0.05) is 12.1 Å². The molecule has 2 heterocycles. The van der Waals surface area contributed by atoms with E-state index in [1.54, 1.807) is 21.3 Å². The maximum atomic E-state index is 6.37. The highest BCUT2D eigenvalue weighted by Gasteiger charge is 2.32. The van der Waals surface area contributed by atoms with Crippen LogP contribution in [0.5, 0.6) is 28.7 Å². The van der Waals surface area contributed by atoms with Crippen LogP contribution in [0.3, 0.4) is 0 Å². The van der Waals surface area contributed by atoms with Crippen LogP contribution in [-0.4, -0.2) is 27.9 Å². The van der Waals surface area contributed by atoms with E-state index in [9.17, 15) is 0 Å². The number of benzene rings is 2. The number of rotatable bonds is 3. The number of halogens is 1. The molecule has 0 aromatic heterocycles. The predicted octanol–water partition coefficient (Wildman–Crippen LogP) is 3.67. The Hall–Kier alpha value is -2.11. The summed E-state index contributed by atoms with van der Waals surface area (Å²) in [5, 5.41) is 3.61. The van der Waals surface area contributed by atoms with Crippen LogP contribution in [0.25, 0.3) is 0 Å². The Morgan fingerprint density at radius 2 is 1.64 bits per heavy atom. The van der Waals surface area contributed by atoms with Crippen LogP contribution >= 0.6 is 12.4 Å². The standard InChI is InChI=1S/C19H21NO4.ClH/c1-21-14-6-4-11-8-9-20-13-10-12-5-7-15(22-2)19(23-3)17(12)24-18(14)16(11)13;/h4-7,13,20H,8-10H2,1-3H3;1H. The maximum absolute atomic E-state index is 6.37. The van der Waals surface area contributed by atoms with E-state index in [1.807, 2.05) is 18.2 Å². The molecule has 134 valence electrons. The Bertz CT molecular complexity index is 793. The summed E-state index contributed by atoms with van der Waals surface area (Å²) in [5.41, 5.74) is 3.60. The van der Waals surface area contributed by atoms with Crippen molar-refractivity contribution in [3.63, 3.8) is 0 Å². The second kappa shape index (κ2) is 7.02. The second-order valence-corrected chi connectivity index (χ2v) is 6.02. The SMILES string of the molecule is COc1ccc2c(c1OC)Oc1c(OC)ccc3c1C(C2)NCC3.Cl. The summed E-state index contributed by atoms with van der Waals surface area (Å²) in [5.74, 6) is 3.50. The summed E-state index contributed by atoms with van der Waals surface area (Å²) in [7, 11) is 4.93. The summed E-state index contributed by atoms with van der Waals surface area (Å²) in [6.07, 6.45) is 1.83. The van der Waals surface area contributed by atoms with E-state index in [0.717, 1.165) is 36.4 Å². The molecule has 1 atom stereocenters. The van der Waals surface area contributed by atoms with Crippen LogP contribution in [0.15, 0.2) is 24.3 Å². The first-order chi connectivity index (χ1) is 11.8. The zero-order chi connectivity index (χ0) is 16.7. The third kappa shape index (κ3) is 2.77. The molecular formula is C19H22ClNO4. The zero-order valence-corrected chi connectivity index (χ0v) is 15.4. The van der Waals surface area contributed by atoms with Crippen molar-refractivity contribution < 1.29 is 18.9 Å². The summed E-state index contributed by atoms with van der Waals surface area (Å²) < 4.78 is 22.9. The molecule has 6 heteroatoms. The minimum absolute atomic E-state index is 0. The normalized spacial score (nSPS) is 17.2. The van der Waals surface area contributed by atoms with Crippen LogP contribution in [0, 0.1) is 0 Å². The van der Waals surface area contributed by atoms with Gasteiger partial charge in [0.25, 0.3) is 0 Å². The lowest BCUT2D eigenvalue weighted by molar-refractivity contribution is 0.328. The lowest BCUT2D eigenvalue weighted by atomic mass is 9.90. The van der Waals surface area contributed by atoms with Gasteiger partial charge < -0.3 is 24.3 Å². The maximum Gasteiger partial charge on any atom is 0.204 e. The fourth-order valence-electron chi connectivity index (χ4n) is 3.68. The van der Waals surface area contributed by atoms with E-state index in [0.29, 0.717) is 17.2 Å². The van der Waals surface area contributed by atoms with E-state index in [-0.39, 0.29) is 18.4 Å². The first-order valence-electron chi connectivity index (χ1n) is 8.11. The van der Waals surface area contributed by atoms with Crippen molar-refractivity contribution in [2.24, 2.45) is 0 Å².